The summed E-state index contributed by atoms with van der Waals surface area (Å²) in [5.41, 5.74) is 3.82. The summed E-state index contributed by atoms with van der Waals surface area (Å²) in [6.07, 6.45) is 4.82. The predicted octanol–water partition coefficient (Wildman–Crippen LogP) is 4.47. The fraction of sp³-hybridized carbons (Fsp3) is 0.406. The van der Waals surface area contributed by atoms with Gasteiger partial charge < -0.3 is 19.7 Å². The van der Waals surface area contributed by atoms with Crippen LogP contribution in [0.1, 0.15) is 54.1 Å². The Balaban J connectivity index is 1.34. The quantitative estimate of drug-likeness (QED) is 0.190. The largest absolute Gasteiger partial charge is 0.380 e. The van der Waals surface area contributed by atoms with Crippen LogP contribution < -0.4 is 5.32 Å². The van der Waals surface area contributed by atoms with Crippen LogP contribution in [0.5, 0.6) is 0 Å². The smallest absolute Gasteiger partial charge is 0.248 e. The summed E-state index contributed by atoms with van der Waals surface area (Å²) in [7, 11) is 3.16. The molecular formula is C32H34BrN7O5. The monoisotopic (exact) mass is 675 g/mol. The summed E-state index contributed by atoms with van der Waals surface area (Å²) >= 11 is 3.37. The Bertz CT molecular complexity index is 1820. The summed E-state index contributed by atoms with van der Waals surface area (Å²) in [4.78, 5) is 55.4. The average Bonchev–Trinajstić information content (AvgIpc) is 3.35. The number of anilines is 1. The molecule has 12 nitrogen and oxygen atoms in total. The molecule has 4 heterocycles. The van der Waals surface area contributed by atoms with Gasteiger partial charge in [-0.05, 0) is 64.9 Å². The molecule has 1 aliphatic heterocycles. The Kier molecular flexibility index (Phi) is 8.27. The molecule has 1 saturated heterocycles. The van der Waals surface area contributed by atoms with Crippen LogP contribution in [0.15, 0.2) is 41.3 Å². The highest BCUT2D eigenvalue weighted by Gasteiger charge is 2.64. The highest BCUT2D eigenvalue weighted by atomic mass is 79.9. The molecule has 1 aromatic carbocycles. The van der Waals surface area contributed by atoms with Crippen molar-refractivity contribution in [3.8, 4) is 11.1 Å². The van der Waals surface area contributed by atoms with Crippen molar-refractivity contribution in [2.75, 3.05) is 19.5 Å². The first-order valence-corrected chi connectivity index (χ1v) is 15.4. The van der Waals surface area contributed by atoms with E-state index < -0.39 is 6.04 Å². The number of piperidine rings is 1. The molecule has 2 aliphatic rings. The van der Waals surface area contributed by atoms with Crippen LogP contribution in [0.2, 0.25) is 0 Å². The number of amides is 2. The zero-order chi connectivity index (χ0) is 32.0. The maximum Gasteiger partial charge on any atom is 0.248 e. The SMILES string of the molecule is COCc1ccc(Br)nc1NC(=O)[C@@H]1C[C@@]2(C)CC2N1C(=O)Cn1nc(C(C)=O)c2cc(-c3cnc(C)nc3)cc(COC)c21. The van der Waals surface area contributed by atoms with Gasteiger partial charge in [-0.3, -0.25) is 19.1 Å². The summed E-state index contributed by atoms with van der Waals surface area (Å²) in [5, 5.41) is 8.18. The highest BCUT2D eigenvalue weighted by Crippen LogP contribution is 2.59. The molecule has 234 valence electrons. The normalized spacial score (nSPS) is 20.4. The van der Waals surface area contributed by atoms with Gasteiger partial charge in [0.15, 0.2) is 5.78 Å². The number of fused-ring (bicyclic) bond motifs is 2. The van der Waals surface area contributed by atoms with Crippen LogP contribution in [0.4, 0.5) is 5.82 Å². The molecule has 3 aromatic heterocycles. The van der Waals surface area contributed by atoms with E-state index in [0.717, 1.165) is 28.7 Å². The van der Waals surface area contributed by atoms with Crippen molar-refractivity contribution >= 4 is 50.2 Å². The van der Waals surface area contributed by atoms with Crippen molar-refractivity contribution in [1.82, 2.24) is 29.6 Å². The molecule has 1 unspecified atom stereocenters. The van der Waals surface area contributed by atoms with E-state index in [1.54, 1.807) is 42.3 Å². The van der Waals surface area contributed by atoms with Crippen LogP contribution in [0.3, 0.4) is 0 Å². The molecule has 0 bridgehead atoms. The molecule has 1 aliphatic carbocycles. The first-order valence-electron chi connectivity index (χ1n) is 14.6. The topological polar surface area (TPSA) is 141 Å². The van der Waals surface area contributed by atoms with Gasteiger partial charge in [-0.25, -0.2) is 15.0 Å². The lowest BCUT2D eigenvalue weighted by molar-refractivity contribution is -0.138. The molecule has 0 spiro atoms. The van der Waals surface area contributed by atoms with Gasteiger partial charge >= 0.3 is 0 Å². The maximum absolute atomic E-state index is 14.1. The number of pyridine rings is 1. The minimum absolute atomic E-state index is 0.0599. The molecule has 1 N–H and O–H groups in total. The number of rotatable bonds is 10. The predicted molar refractivity (Wildman–Crippen MR) is 169 cm³/mol. The van der Waals surface area contributed by atoms with Crippen molar-refractivity contribution < 1.29 is 23.9 Å². The van der Waals surface area contributed by atoms with Crippen molar-refractivity contribution in [2.45, 2.75) is 65.5 Å². The molecule has 13 heteroatoms. The number of nitrogens with one attached hydrogen (secondary N) is 1. The van der Waals surface area contributed by atoms with Gasteiger partial charge in [-0.15, -0.1) is 0 Å². The Morgan fingerprint density at radius 1 is 1.04 bits per heavy atom. The number of methoxy groups -OCH3 is 2. The Labute approximate surface area is 268 Å². The van der Waals surface area contributed by atoms with Gasteiger partial charge in [-0.1, -0.05) is 13.0 Å². The number of Topliss-reactive ketones (excluding diaryl/α,β-unsaturated/α-hetero) is 1. The van der Waals surface area contributed by atoms with Crippen LogP contribution >= 0.6 is 15.9 Å². The summed E-state index contributed by atoms with van der Waals surface area (Å²) < 4.78 is 12.9. The standard InChI is InChI=1S/C32H34BrN7O5/c1-17(41)28-23-9-20(22-12-34-18(2)35-13-22)8-21(16-45-5)29(23)39(38-28)14-27(42)40-24(10-32(3)11-25(32)40)31(43)37-30-19(15-44-4)6-7-26(33)36-30/h6-9,12-13,24-25H,10-11,14-16H2,1-5H3,(H,36,37,43)/t24-,25?,32-/m0/s1. The molecule has 2 fully saturated rings. The third-order valence-electron chi connectivity index (χ3n) is 8.67. The number of ketones is 1. The van der Waals surface area contributed by atoms with E-state index in [0.29, 0.717) is 33.6 Å². The second-order valence-corrected chi connectivity index (χ2v) is 12.8. The minimum Gasteiger partial charge on any atom is -0.380 e. The molecule has 0 radical (unpaired) electrons. The van der Waals surface area contributed by atoms with Crippen molar-refractivity contribution in [1.29, 1.82) is 0 Å². The Hall–Kier alpha value is -4.07. The number of halogens is 1. The highest BCUT2D eigenvalue weighted by molar-refractivity contribution is 9.10. The Morgan fingerprint density at radius 2 is 1.76 bits per heavy atom. The lowest BCUT2D eigenvalue weighted by atomic mass is 10.0. The first kappa shape index (κ1) is 30.9. The van der Waals surface area contributed by atoms with Crippen molar-refractivity contribution in [3.05, 3.63) is 63.9 Å². The van der Waals surface area contributed by atoms with Crippen LogP contribution in [0.25, 0.3) is 22.0 Å². The average molecular weight is 677 g/mol. The molecule has 6 rings (SSSR count). The van der Waals surface area contributed by atoms with Gasteiger partial charge in [0.05, 0.1) is 18.7 Å². The Morgan fingerprint density at radius 3 is 2.44 bits per heavy atom. The summed E-state index contributed by atoms with van der Waals surface area (Å²) in [6.45, 7) is 5.73. The molecule has 45 heavy (non-hydrogen) atoms. The number of benzene rings is 1. The molecule has 1 saturated carbocycles. The number of hydrogen-bond donors (Lipinski definition) is 1. The van der Waals surface area contributed by atoms with Gasteiger partial charge in [0.1, 0.15) is 34.5 Å². The number of aromatic nitrogens is 5. The third kappa shape index (κ3) is 5.87. The second-order valence-electron chi connectivity index (χ2n) is 12.0. The number of hydrogen-bond acceptors (Lipinski definition) is 9. The van der Waals surface area contributed by atoms with E-state index in [9.17, 15) is 14.4 Å². The fourth-order valence-corrected chi connectivity index (χ4v) is 6.68. The van der Waals surface area contributed by atoms with E-state index >= 15 is 0 Å². The van der Waals surface area contributed by atoms with E-state index in [1.807, 2.05) is 25.1 Å². The van der Waals surface area contributed by atoms with E-state index in [4.69, 9.17) is 9.47 Å². The molecular weight excluding hydrogens is 642 g/mol. The molecule has 2 amide bonds. The number of aryl methyl sites for hydroxylation is 1. The summed E-state index contributed by atoms with van der Waals surface area (Å²) in [5.74, 6) is 0.252. The van der Waals surface area contributed by atoms with Crippen LogP contribution in [-0.4, -0.2) is 73.5 Å². The van der Waals surface area contributed by atoms with Crippen molar-refractivity contribution in [2.24, 2.45) is 5.41 Å². The minimum atomic E-state index is -0.682. The number of likely N-dealkylation sites (tertiary alicyclic amines) is 1. The van der Waals surface area contributed by atoms with Crippen LogP contribution in [-0.2, 0) is 38.8 Å². The number of carbonyl (C=O) groups excluding carboxylic acids is 3. The summed E-state index contributed by atoms with van der Waals surface area (Å²) in [6, 6.07) is 6.69. The molecule has 4 aromatic rings. The fourth-order valence-electron chi connectivity index (χ4n) is 6.37. The van der Waals surface area contributed by atoms with Crippen molar-refractivity contribution in [3.63, 3.8) is 0 Å². The zero-order valence-electron chi connectivity index (χ0n) is 25.8. The van der Waals surface area contributed by atoms with Gasteiger partial charge in [0.2, 0.25) is 11.8 Å². The van der Waals surface area contributed by atoms with E-state index in [-0.39, 0.29) is 54.5 Å². The number of nitrogens with zero attached hydrogens (tertiary/aromatic N) is 6. The van der Waals surface area contributed by atoms with Crippen LogP contribution in [0, 0.1) is 12.3 Å². The van der Waals surface area contributed by atoms with E-state index in [2.05, 4.69) is 48.2 Å². The van der Waals surface area contributed by atoms with Gasteiger partial charge in [-0.2, -0.15) is 5.10 Å². The number of carbonyl (C=O) groups is 3. The van der Waals surface area contributed by atoms with Gasteiger partial charge in [0.25, 0.3) is 0 Å². The lowest BCUT2D eigenvalue weighted by Crippen LogP contribution is -2.47. The number of ether oxygens (including phenoxy) is 2. The lowest BCUT2D eigenvalue weighted by Gasteiger charge is -2.27. The maximum atomic E-state index is 14.1. The molecule has 3 atom stereocenters. The van der Waals surface area contributed by atoms with Gasteiger partial charge in [0, 0.05) is 61.7 Å². The third-order valence-corrected chi connectivity index (χ3v) is 9.11. The van der Waals surface area contributed by atoms with E-state index in [1.165, 1.54) is 6.92 Å². The first-order chi connectivity index (χ1) is 21.5. The second kappa shape index (κ2) is 12.0. The zero-order valence-corrected chi connectivity index (χ0v) is 27.3.